The van der Waals surface area contributed by atoms with Gasteiger partial charge >= 0.3 is 6.09 Å². The first kappa shape index (κ1) is 13.2. The van der Waals surface area contributed by atoms with E-state index in [1.165, 1.54) is 0 Å². The summed E-state index contributed by atoms with van der Waals surface area (Å²) in [5.41, 5.74) is -0.426. The molecule has 1 N–H and O–H groups in total. The number of nitrogens with zero attached hydrogens (tertiary/aromatic N) is 1. The van der Waals surface area contributed by atoms with Gasteiger partial charge < -0.3 is 15.0 Å². The zero-order chi connectivity index (χ0) is 11.4. The van der Waals surface area contributed by atoms with Crippen molar-refractivity contribution in [2.24, 2.45) is 0 Å². The Morgan fingerprint density at radius 1 is 1.50 bits per heavy atom. The number of hydrogen-bond donors (Lipinski definition) is 1. The van der Waals surface area contributed by atoms with Crippen LogP contribution in [0.2, 0.25) is 0 Å². The van der Waals surface area contributed by atoms with Crippen molar-refractivity contribution in [2.75, 3.05) is 20.6 Å². The second kappa shape index (κ2) is 5.20. The maximum Gasteiger partial charge on any atom is 0.410 e. The molecule has 14 heavy (non-hydrogen) atoms. The second-order valence-electron chi connectivity index (χ2n) is 4.50. The van der Waals surface area contributed by atoms with E-state index < -0.39 is 5.60 Å². The Morgan fingerprint density at radius 2 is 2.00 bits per heavy atom. The molecule has 0 fully saturated rings. The van der Waals surface area contributed by atoms with E-state index in [1.54, 1.807) is 11.9 Å². The van der Waals surface area contributed by atoms with Gasteiger partial charge in [0, 0.05) is 19.6 Å². The van der Waals surface area contributed by atoms with E-state index in [4.69, 9.17) is 4.74 Å². The molecule has 0 rings (SSSR count). The lowest BCUT2D eigenvalue weighted by Gasteiger charge is -2.28. The van der Waals surface area contributed by atoms with Crippen molar-refractivity contribution >= 4 is 6.09 Å². The maximum absolute atomic E-state index is 11.6. The average molecular weight is 202 g/mol. The highest BCUT2D eigenvalue weighted by Crippen LogP contribution is 2.10. The van der Waals surface area contributed by atoms with Crippen LogP contribution in [0, 0.1) is 0 Å². The molecular formula is C10H22N2O2. The molecule has 0 aromatic heterocycles. The first-order chi connectivity index (χ1) is 6.28. The van der Waals surface area contributed by atoms with Gasteiger partial charge in [0.2, 0.25) is 0 Å². The van der Waals surface area contributed by atoms with Gasteiger partial charge in [-0.05, 0) is 34.7 Å². The van der Waals surface area contributed by atoms with Crippen molar-refractivity contribution in [2.45, 2.75) is 39.3 Å². The van der Waals surface area contributed by atoms with Crippen LogP contribution in [0.3, 0.4) is 0 Å². The van der Waals surface area contributed by atoms with E-state index in [-0.39, 0.29) is 12.1 Å². The number of ether oxygens (including phenoxy) is 1. The third kappa shape index (κ3) is 5.07. The predicted molar refractivity (Wildman–Crippen MR) is 57.4 cm³/mol. The first-order valence-electron chi connectivity index (χ1n) is 4.88. The van der Waals surface area contributed by atoms with Gasteiger partial charge in [0.1, 0.15) is 5.60 Å². The number of amides is 1. The second-order valence-corrected chi connectivity index (χ2v) is 4.50. The summed E-state index contributed by atoms with van der Waals surface area (Å²) in [6.45, 7) is 8.32. The minimum absolute atomic E-state index is 0.134. The summed E-state index contributed by atoms with van der Waals surface area (Å²) in [6.07, 6.45) is -0.278. The number of likely N-dealkylation sites (N-methyl/N-ethyl adjacent to an activating group) is 2. The Labute approximate surface area is 86.6 Å². The Bertz CT molecular complexity index is 187. The summed E-state index contributed by atoms with van der Waals surface area (Å²) in [4.78, 5) is 13.1. The molecular weight excluding hydrogens is 180 g/mol. The lowest BCUT2D eigenvalue weighted by atomic mass is 10.2. The van der Waals surface area contributed by atoms with Crippen LogP contribution < -0.4 is 5.32 Å². The van der Waals surface area contributed by atoms with Crippen LogP contribution in [0.4, 0.5) is 4.79 Å². The van der Waals surface area contributed by atoms with Crippen molar-refractivity contribution in [1.82, 2.24) is 10.2 Å². The van der Waals surface area contributed by atoms with Crippen LogP contribution in [-0.2, 0) is 4.74 Å². The monoisotopic (exact) mass is 202 g/mol. The van der Waals surface area contributed by atoms with Crippen molar-refractivity contribution in [1.29, 1.82) is 0 Å². The van der Waals surface area contributed by atoms with Gasteiger partial charge in [0.05, 0.1) is 0 Å². The highest BCUT2D eigenvalue weighted by atomic mass is 16.6. The summed E-state index contributed by atoms with van der Waals surface area (Å²) >= 11 is 0. The van der Waals surface area contributed by atoms with Gasteiger partial charge in [-0.3, -0.25) is 0 Å². The van der Waals surface area contributed by atoms with E-state index in [0.29, 0.717) is 0 Å². The Kier molecular flexibility index (Phi) is 4.91. The number of nitrogens with one attached hydrogen (secondary N) is 1. The molecule has 0 aromatic carbocycles. The molecule has 0 spiro atoms. The van der Waals surface area contributed by atoms with Crippen molar-refractivity contribution < 1.29 is 9.53 Å². The van der Waals surface area contributed by atoms with Crippen LogP contribution >= 0.6 is 0 Å². The molecule has 0 saturated carbocycles. The summed E-state index contributed by atoms with van der Waals surface area (Å²) in [5.74, 6) is 0. The number of carbonyl (C=O) groups is 1. The molecule has 0 aliphatic heterocycles. The molecule has 0 bridgehead atoms. The number of hydrogen-bond acceptors (Lipinski definition) is 3. The Balaban J connectivity index is 4.12. The summed E-state index contributed by atoms with van der Waals surface area (Å²) in [5, 5.41) is 3.02. The third-order valence-electron chi connectivity index (χ3n) is 1.84. The average Bonchev–Trinajstić information content (AvgIpc) is 2.00. The molecule has 0 saturated heterocycles. The zero-order valence-corrected chi connectivity index (χ0v) is 10.0. The highest BCUT2D eigenvalue weighted by molar-refractivity contribution is 5.68. The molecule has 4 heteroatoms. The smallest absolute Gasteiger partial charge is 0.410 e. The van der Waals surface area contributed by atoms with Crippen LogP contribution in [0.15, 0.2) is 0 Å². The molecule has 0 aliphatic rings. The quantitative estimate of drug-likeness (QED) is 0.753. The topological polar surface area (TPSA) is 41.6 Å². The van der Waals surface area contributed by atoms with Gasteiger partial charge in [0.15, 0.2) is 0 Å². The van der Waals surface area contributed by atoms with Crippen molar-refractivity contribution in [3.05, 3.63) is 0 Å². The first-order valence-corrected chi connectivity index (χ1v) is 4.88. The highest BCUT2D eigenvalue weighted by Gasteiger charge is 2.22. The van der Waals surface area contributed by atoms with Gasteiger partial charge in [-0.2, -0.15) is 0 Å². The molecule has 0 unspecified atom stereocenters. The van der Waals surface area contributed by atoms with Crippen LogP contribution in [-0.4, -0.2) is 43.3 Å². The predicted octanol–water partition coefficient (Wildman–Crippen LogP) is 1.46. The lowest BCUT2D eigenvalue weighted by molar-refractivity contribution is 0.0237. The zero-order valence-electron chi connectivity index (χ0n) is 10.0. The van der Waals surface area contributed by atoms with E-state index >= 15 is 0 Å². The normalized spacial score (nSPS) is 13.6. The maximum atomic E-state index is 11.6. The molecule has 0 radical (unpaired) electrons. The number of rotatable bonds is 3. The van der Waals surface area contributed by atoms with E-state index in [0.717, 1.165) is 6.54 Å². The minimum Gasteiger partial charge on any atom is -0.444 e. The minimum atomic E-state index is -0.426. The fourth-order valence-corrected chi connectivity index (χ4v) is 0.946. The molecule has 0 aromatic rings. The van der Waals surface area contributed by atoms with Gasteiger partial charge in [-0.1, -0.05) is 0 Å². The standard InChI is InChI=1S/C10H22N2O2/c1-8(7-11-5)12(6)9(13)14-10(2,3)4/h8,11H,7H2,1-6H3/t8-/m0/s1. The summed E-state index contributed by atoms with van der Waals surface area (Å²) in [6, 6.07) is 0.134. The molecule has 0 heterocycles. The SMILES string of the molecule is CNC[C@H](C)N(C)C(=O)OC(C)(C)C. The lowest BCUT2D eigenvalue weighted by Crippen LogP contribution is -2.43. The summed E-state index contributed by atoms with van der Waals surface area (Å²) < 4.78 is 5.23. The number of carbonyl (C=O) groups excluding carboxylic acids is 1. The Hall–Kier alpha value is -0.770. The molecule has 1 amide bonds. The van der Waals surface area contributed by atoms with Crippen LogP contribution in [0.1, 0.15) is 27.7 Å². The van der Waals surface area contributed by atoms with E-state index in [9.17, 15) is 4.79 Å². The van der Waals surface area contributed by atoms with Gasteiger partial charge in [0.25, 0.3) is 0 Å². The molecule has 4 nitrogen and oxygen atoms in total. The summed E-state index contributed by atoms with van der Waals surface area (Å²) in [7, 11) is 3.61. The van der Waals surface area contributed by atoms with E-state index in [2.05, 4.69) is 5.32 Å². The molecule has 0 aliphatic carbocycles. The third-order valence-corrected chi connectivity index (χ3v) is 1.84. The van der Waals surface area contributed by atoms with Crippen LogP contribution in [0.5, 0.6) is 0 Å². The van der Waals surface area contributed by atoms with Crippen LogP contribution in [0.25, 0.3) is 0 Å². The largest absolute Gasteiger partial charge is 0.444 e. The Morgan fingerprint density at radius 3 is 2.36 bits per heavy atom. The van der Waals surface area contributed by atoms with Gasteiger partial charge in [-0.25, -0.2) is 4.79 Å². The molecule has 84 valence electrons. The molecule has 1 atom stereocenters. The van der Waals surface area contributed by atoms with Crippen molar-refractivity contribution in [3.8, 4) is 0 Å². The van der Waals surface area contributed by atoms with Crippen molar-refractivity contribution in [3.63, 3.8) is 0 Å². The van der Waals surface area contributed by atoms with Gasteiger partial charge in [-0.15, -0.1) is 0 Å². The fourth-order valence-electron chi connectivity index (χ4n) is 0.946. The van der Waals surface area contributed by atoms with E-state index in [1.807, 2.05) is 34.7 Å². The fraction of sp³-hybridized carbons (Fsp3) is 0.900.